The lowest BCUT2D eigenvalue weighted by Gasteiger charge is -2.28. The van der Waals surface area contributed by atoms with Crippen LogP contribution >= 0.6 is 23.2 Å². The van der Waals surface area contributed by atoms with Gasteiger partial charge in [0.05, 0.1) is 6.42 Å². The monoisotopic (exact) mass is 378 g/mol. The molecule has 0 saturated heterocycles. The first-order valence-corrected chi connectivity index (χ1v) is 8.67. The molecular weight excluding hydrogens is 359 g/mol. The van der Waals surface area contributed by atoms with Crippen LogP contribution in [0.25, 0.3) is 0 Å². The molecule has 0 radical (unpaired) electrons. The zero-order valence-electron chi connectivity index (χ0n) is 14.1. The lowest BCUT2D eigenvalue weighted by molar-refractivity contribution is -0.139. The highest BCUT2D eigenvalue weighted by molar-refractivity contribution is 6.36. The van der Waals surface area contributed by atoms with E-state index in [1.165, 1.54) is 4.90 Å². The van der Waals surface area contributed by atoms with E-state index in [1.54, 1.807) is 32.2 Å². The van der Waals surface area contributed by atoms with Gasteiger partial charge in [0, 0.05) is 23.6 Å². The Morgan fingerprint density at radius 3 is 2.20 bits per heavy atom. The number of amides is 2. The summed E-state index contributed by atoms with van der Waals surface area (Å²) >= 11 is 12.3. The number of hydrogen-bond acceptors (Lipinski definition) is 2. The first-order chi connectivity index (χ1) is 11.9. The number of carbonyl (C=O) groups excluding carboxylic acids is 2. The quantitative estimate of drug-likeness (QED) is 0.832. The minimum atomic E-state index is -0.612. The molecule has 1 N–H and O–H groups in total. The third-order valence-electron chi connectivity index (χ3n) is 4.00. The molecule has 2 amide bonds. The lowest BCUT2D eigenvalue weighted by atomic mass is 10.1. The van der Waals surface area contributed by atoms with E-state index >= 15 is 0 Å². The zero-order chi connectivity index (χ0) is 18.4. The van der Waals surface area contributed by atoms with Crippen molar-refractivity contribution in [2.24, 2.45) is 0 Å². The van der Waals surface area contributed by atoms with E-state index in [-0.39, 0.29) is 18.2 Å². The first kappa shape index (κ1) is 19.3. The number of benzene rings is 2. The Bertz CT molecular complexity index is 730. The Morgan fingerprint density at radius 2 is 1.64 bits per heavy atom. The molecule has 0 aromatic heterocycles. The Kier molecular flexibility index (Phi) is 6.85. The van der Waals surface area contributed by atoms with Crippen molar-refractivity contribution >= 4 is 35.0 Å². The van der Waals surface area contributed by atoms with Crippen LogP contribution in [0.2, 0.25) is 10.0 Å². The highest BCUT2D eigenvalue weighted by atomic mass is 35.5. The Hall–Kier alpha value is -2.04. The van der Waals surface area contributed by atoms with Crippen molar-refractivity contribution in [2.75, 3.05) is 7.05 Å². The Labute approximate surface area is 157 Å². The van der Waals surface area contributed by atoms with Gasteiger partial charge in [-0.2, -0.15) is 0 Å². The van der Waals surface area contributed by atoms with Crippen molar-refractivity contribution in [2.45, 2.75) is 25.9 Å². The van der Waals surface area contributed by atoms with E-state index in [4.69, 9.17) is 23.2 Å². The molecule has 2 aromatic rings. The van der Waals surface area contributed by atoms with Gasteiger partial charge >= 0.3 is 0 Å². The van der Waals surface area contributed by atoms with Crippen molar-refractivity contribution in [3.05, 3.63) is 69.7 Å². The highest BCUT2D eigenvalue weighted by Crippen LogP contribution is 2.25. The smallest absolute Gasteiger partial charge is 0.242 e. The Morgan fingerprint density at radius 1 is 1.04 bits per heavy atom. The number of hydrogen-bond donors (Lipinski definition) is 1. The number of halogens is 2. The fourth-order valence-electron chi connectivity index (χ4n) is 2.53. The van der Waals surface area contributed by atoms with Gasteiger partial charge in [0.2, 0.25) is 11.8 Å². The molecule has 0 fully saturated rings. The predicted octanol–water partition coefficient (Wildman–Crippen LogP) is 3.70. The largest absolute Gasteiger partial charge is 0.357 e. The summed E-state index contributed by atoms with van der Waals surface area (Å²) in [7, 11) is 1.55. The van der Waals surface area contributed by atoms with Crippen LogP contribution in [0, 0.1) is 0 Å². The van der Waals surface area contributed by atoms with Crippen molar-refractivity contribution in [3.8, 4) is 0 Å². The number of rotatable bonds is 6. The molecule has 6 heteroatoms. The van der Waals surface area contributed by atoms with Crippen molar-refractivity contribution < 1.29 is 9.59 Å². The zero-order valence-corrected chi connectivity index (χ0v) is 15.6. The summed E-state index contributed by atoms with van der Waals surface area (Å²) in [6, 6.07) is 14.0. The third-order valence-corrected chi connectivity index (χ3v) is 4.71. The summed E-state index contributed by atoms with van der Waals surface area (Å²) in [5.41, 5.74) is 1.51. The molecule has 0 saturated carbocycles. The summed E-state index contributed by atoms with van der Waals surface area (Å²) in [5.74, 6) is -0.440. The molecule has 0 aliphatic rings. The summed E-state index contributed by atoms with van der Waals surface area (Å²) in [6.07, 6.45) is 0.0344. The van der Waals surface area contributed by atoms with E-state index in [0.29, 0.717) is 22.2 Å². The van der Waals surface area contributed by atoms with E-state index in [9.17, 15) is 9.59 Å². The van der Waals surface area contributed by atoms with Crippen LogP contribution in [0.4, 0.5) is 0 Å². The molecule has 0 unspecified atom stereocenters. The molecular formula is C19H20Cl2N2O2. The molecule has 1 atom stereocenters. The van der Waals surface area contributed by atoms with Gasteiger partial charge in [0.1, 0.15) is 6.04 Å². The maximum atomic E-state index is 12.9. The number of nitrogens with one attached hydrogen (secondary N) is 1. The summed E-state index contributed by atoms with van der Waals surface area (Å²) in [4.78, 5) is 26.5. The summed E-state index contributed by atoms with van der Waals surface area (Å²) in [6.45, 7) is 2.03. The van der Waals surface area contributed by atoms with Crippen molar-refractivity contribution in [3.63, 3.8) is 0 Å². The number of likely N-dealkylation sites (N-methyl/N-ethyl adjacent to an activating group) is 1. The average Bonchev–Trinajstić information content (AvgIpc) is 2.62. The predicted molar refractivity (Wildman–Crippen MR) is 101 cm³/mol. The standard InChI is InChI=1S/C19H20Cl2N2O2/c1-13(19(25)22-2)23(12-14-7-4-3-5-8-14)18(24)11-15-16(20)9-6-10-17(15)21/h3-10,13H,11-12H2,1-2H3,(H,22,25)/t13-/m1/s1. The average molecular weight is 379 g/mol. The fraction of sp³-hybridized carbons (Fsp3) is 0.263. The van der Waals surface area contributed by atoms with Gasteiger partial charge in [-0.15, -0.1) is 0 Å². The third kappa shape index (κ3) is 4.97. The second-order valence-corrected chi connectivity index (χ2v) is 6.49. The normalized spacial score (nSPS) is 11.7. The van der Waals surface area contributed by atoms with Gasteiger partial charge in [0.25, 0.3) is 0 Å². The summed E-state index contributed by atoms with van der Waals surface area (Å²) < 4.78 is 0. The van der Waals surface area contributed by atoms with Crippen molar-refractivity contribution in [1.82, 2.24) is 10.2 Å². The Balaban J connectivity index is 2.27. The highest BCUT2D eigenvalue weighted by Gasteiger charge is 2.26. The second kappa shape index (κ2) is 8.88. The van der Waals surface area contributed by atoms with E-state index in [0.717, 1.165) is 5.56 Å². The lowest BCUT2D eigenvalue weighted by Crippen LogP contribution is -2.47. The van der Waals surface area contributed by atoms with Gasteiger partial charge in [-0.1, -0.05) is 59.6 Å². The van der Waals surface area contributed by atoms with Crippen LogP contribution in [0.5, 0.6) is 0 Å². The molecule has 0 heterocycles. The molecule has 0 bridgehead atoms. The molecule has 2 aromatic carbocycles. The van der Waals surface area contributed by atoms with Crippen LogP contribution in [0.3, 0.4) is 0 Å². The van der Waals surface area contributed by atoms with Crippen LogP contribution in [0.15, 0.2) is 48.5 Å². The molecule has 132 valence electrons. The van der Waals surface area contributed by atoms with E-state index in [2.05, 4.69) is 5.32 Å². The van der Waals surface area contributed by atoms with Crippen molar-refractivity contribution in [1.29, 1.82) is 0 Å². The minimum absolute atomic E-state index is 0.0344. The molecule has 0 aliphatic heterocycles. The minimum Gasteiger partial charge on any atom is -0.357 e. The van der Waals surface area contributed by atoms with Gasteiger partial charge in [0.15, 0.2) is 0 Å². The van der Waals surface area contributed by atoms with Gasteiger partial charge in [-0.3, -0.25) is 9.59 Å². The van der Waals surface area contributed by atoms with Gasteiger partial charge < -0.3 is 10.2 Å². The summed E-state index contributed by atoms with van der Waals surface area (Å²) in [5, 5.41) is 3.46. The first-order valence-electron chi connectivity index (χ1n) is 7.92. The number of carbonyl (C=O) groups is 2. The van der Waals surface area contributed by atoms with Gasteiger partial charge in [-0.25, -0.2) is 0 Å². The second-order valence-electron chi connectivity index (χ2n) is 5.67. The van der Waals surface area contributed by atoms with Crippen LogP contribution < -0.4 is 5.32 Å². The molecule has 0 aliphatic carbocycles. The fourth-order valence-corrected chi connectivity index (χ4v) is 3.06. The maximum absolute atomic E-state index is 12.9. The van der Waals surface area contributed by atoms with Crippen LogP contribution in [-0.2, 0) is 22.6 Å². The molecule has 4 nitrogen and oxygen atoms in total. The number of nitrogens with zero attached hydrogens (tertiary/aromatic N) is 1. The topological polar surface area (TPSA) is 49.4 Å². The SMILES string of the molecule is CNC(=O)[C@@H](C)N(Cc1ccccc1)C(=O)Cc1c(Cl)cccc1Cl. The van der Waals surface area contributed by atoms with E-state index < -0.39 is 6.04 Å². The van der Waals surface area contributed by atoms with Gasteiger partial charge in [-0.05, 0) is 30.2 Å². The van der Waals surface area contributed by atoms with Crippen LogP contribution in [0.1, 0.15) is 18.1 Å². The molecule has 0 spiro atoms. The molecule has 25 heavy (non-hydrogen) atoms. The molecule has 2 rings (SSSR count). The van der Waals surface area contributed by atoms with E-state index in [1.807, 2.05) is 30.3 Å². The maximum Gasteiger partial charge on any atom is 0.242 e. The van der Waals surface area contributed by atoms with Crippen LogP contribution in [-0.4, -0.2) is 29.8 Å².